The molecule has 1 aliphatic rings. The van der Waals surface area contributed by atoms with Crippen molar-refractivity contribution >= 4 is 23.4 Å². The number of rotatable bonds is 3. The van der Waals surface area contributed by atoms with Gasteiger partial charge in [-0.3, -0.25) is 0 Å². The topological polar surface area (TPSA) is 79.4 Å². The molecule has 1 aliphatic heterocycles. The van der Waals surface area contributed by atoms with Crippen LogP contribution in [0.4, 0.5) is 0 Å². The second kappa shape index (κ2) is 6.65. The number of nitrogens with zero attached hydrogens (tertiary/aromatic N) is 5. The van der Waals surface area contributed by atoms with Gasteiger partial charge in [0.2, 0.25) is 0 Å². The summed E-state index contributed by atoms with van der Waals surface area (Å²) in [7, 11) is 1.97. The van der Waals surface area contributed by atoms with Crippen LogP contribution >= 0.6 is 23.4 Å². The van der Waals surface area contributed by atoms with Crippen molar-refractivity contribution in [1.82, 2.24) is 25.1 Å². The van der Waals surface area contributed by atoms with Crippen LogP contribution in [0.25, 0.3) is 0 Å². The lowest BCUT2D eigenvalue weighted by atomic mass is 9.99. The molecule has 1 atom stereocenters. The smallest absolute Gasteiger partial charge is 0.197 e. The zero-order valence-corrected chi connectivity index (χ0v) is 13.7. The molecular formula is C14H15ClN6S. The summed E-state index contributed by atoms with van der Waals surface area (Å²) < 4.78 is 2.00. The standard InChI is InChI=1S/C14H15ClN6S/c1-21-13(9-3-2-6-17-8-9)19-20-14(21)22-12-5-4-10(15)11(7-16)18-12/h4-5,9,17H,2-3,6,8H2,1H3/t9-/m0/s1. The predicted octanol–water partition coefficient (Wildman–Crippen LogP) is 2.35. The molecule has 1 saturated heterocycles. The van der Waals surface area contributed by atoms with Crippen molar-refractivity contribution < 1.29 is 0 Å². The second-order valence-corrected chi connectivity index (χ2v) is 6.53. The molecule has 114 valence electrons. The molecule has 0 spiro atoms. The number of halogens is 1. The zero-order chi connectivity index (χ0) is 15.5. The Bertz CT molecular complexity index is 717. The number of nitrogens with one attached hydrogen (secondary N) is 1. The highest BCUT2D eigenvalue weighted by molar-refractivity contribution is 7.99. The molecule has 0 bridgehead atoms. The number of piperidine rings is 1. The van der Waals surface area contributed by atoms with Gasteiger partial charge >= 0.3 is 0 Å². The van der Waals surface area contributed by atoms with Crippen molar-refractivity contribution in [2.75, 3.05) is 13.1 Å². The summed E-state index contributed by atoms with van der Waals surface area (Å²) >= 11 is 7.29. The van der Waals surface area contributed by atoms with Gasteiger partial charge in [-0.25, -0.2) is 4.98 Å². The van der Waals surface area contributed by atoms with E-state index < -0.39 is 0 Å². The molecule has 3 heterocycles. The van der Waals surface area contributed by atoms with Crippen molar-refractivity contribution in [3.8, 4) is 6.07 Å². The Kier molecular flexibility index (Phi) is 4.62. The third-order valence-corrected chi connectivity index (χ3v) is 4.93. The van der Waals surface area contributed by atoms with E-state index in [1.54, 1.807) is 12.1 Å². The van der Waals surface area contributed by atoms with Crippen LogP contribution in [-0.4, -0.2) is 32.8 Å². The summed E-state index contributed by atoms with van der Waals surface area (Å²) in [6, 6.07) is 5.45. The average molecular weight is 335 g/mol. The molecule has 22 heavy (non-hydrogen) atoms. The summed E-state index contributed by atoms with van der Waals surface area (Å²) in [6.07, 6.45) is 2.28. The molecule has 1 N–H and O–H groups in total. The molecule has 0 aromatic carbocycles. The molecule has 0 radical (unpaired) electrons. The molecule has 6 nitrogen and oxygen atoms in total. The zero-order valence-electron chi connectivity index (χ0n) is 12.1. The van der Waals surface area contributed by atoms with Crippen molar-refractivity contribution in [2.45, 2.75) is 28.9 Å². The monoisotopic (exact) mass is 334 g/mol. The molecule has 0 amide bonds. The summed E-state index contributed by atoms with van der Waals surface area (Å²) in [5, 5.41) is 22.8. The van der Waals surface area contributed by atoms with Gasteiger partial charge in [-0.15, -0.1) is 10.2 Å². The van der Waals surface area contributed by atoms with Gasteiger partial charge in [-0.05, 0) is 43.3 Å². The van der Waals surface area contributed by atoms with E-state index in [4.69, 9.17) is 16.9 Å². The Morgan fingerprint density at radius 1 is 1.45 bits per heavy atom. The maximum absolute atomic E-state index is 8.99. The summed E-state index contributed by atoms with van der Waals surface area (Å²) in [4.78, 5) is 4.23. The fraction of sp³-hybridized carbons (Fsp3) is 0.429. The van der Waals surface area contributed by atoms with Crippen LogP contribution in [0.2, 0.25) is 5.02 Å². The van der Waals surface area contributed by atoms with Crippen molar-refractivity contribution in [2.24, 2.45) is 7.05 Å². The van der Waals surface area contributed by atoms with Crippen LogP contribution in [0.3, 0.4) is 0 Å². The van der Waals surface area contributed by atoms with Crippen molar-refractivity contribution in [3.05, 3.63) is 28.7 Å². The highest BCUT2D eigenvalue weighted by atomic mass is 35.5. The lowest BCUT2D eigenvalue weighted by Gasteiger charge is -2.21. The van der Waals surface area contributed by atoms with E-state index in [1.165, 1.54) is 11.8 Å². The fourth-order valence-electron chi connectivity index (χ4n) is 2.50. The van der Waals surface area contributed by atoms with Gasteiger partial charge in [0.1, 0.15) is 16.9 Å². The number of aromatic nitrogens is 4. The van der Waals surface area contributed by atoms with Crippen LogP contribution in [0.1, 0.15) is 30.3 Å². The molecule has 8 heteroatoms. The predicted molar refractivity (Wildman–Crippen MR) is 83.9 cm³/mol. The van der Waals surface area contributed by atoms with Crippen LogP contribution in [0.15, 0.2) is 22.3 Å². The van der Waals surface area contributed by atoms with E-state index in [-0.39, 0.29) is 5.69 Å². The first-order valence-corrected chi connectivity index (χ1v) is 8.23. The molecule has 0 unspecified atom stereocenters. The summed E-state index contributed by atoms with van der Waals surface area (Å²) in [5.74, 6) is 1.39. The molecule has 1 fully saturated rings. The third kappa shape index (κ3) is 3.09. The van der Waals surface area contributed by atoms with Gasteiger partial charge in [0.05, 0.1) is 5.02 Å². The molecular weight excluding hydrogens is 320 g/mol. The van der Waals surface area contributed by atoms with Crippen LogP contribution in [0.5, 0.6) is 0 Å². The van der Waals surface area contributed by atoms with Crippen molar-refractivity contribution in [1.29, 1.82) is 5.26 Å². The molecule has 2 aromatic rings. The minimum Gasteiger partial charge on any atom is -0.316 e. The van der Waals surface area contributed by atoms with E-state index >= 15 is 0 Å². The van der Waals surface area contributed by atoms with Gasteiger partial charge < -0.3 is 9.88 Å². The van der Waals surface area contributed by atoms with Crippen LogP contribution < -0.4 is 5.32 Å². The number of nitriles is 1. The van der Waals surface area contributed by atoms with Crippen LogP contribution in [-0.2, 0) is 7.05 Å². The van der Waals surface area contributed by atoms with E-state index in [2.05, 4.69) is 20.5 Å². The minimum absolute atomic E-state index is 0.227. The number of pyridine rings is 1. The maximum atomic E-state index is 8.99. The Morgan fingerprint density at radius 2 is 2.32 bits per heavy atom. The van der Waals surface area contributed by atoms with Gasteiger partial charge in [0, 0.05) is 19.5 Å². The molecule has 0 aliphatic carbocycles. The quantitative estimate of drug-likeness (QED) is 0.928. The highest BCUT2D eigenvalue weighted by Gasteiger charge is 2.22. The fourth-order valence-corrected chi connectivity index (χ4v) is 3.42. The molecule has 0 saturated carbocycles. The maximum Gasteiger partial charge on any atom is 0.197 e. The lowest BCUT2D eigenvalue weighted by molar-refractivity contribution is 0.436. The van der Waals surface area contributed by atoms with Gasteiger partial charge in [-0.1, -0.05) is 11.6 Å². The normalized spacial score (nSPS) is 18.1. The van der Waals surface area contributed by atoms with E-state index in [9.17, 15) is 0 Å². The Labute approximate surface area is 137 Å². The SMILES string of the molecule is Cn1c(Sc2ccc(Cl)c(C#N)n2)nnc1[C@H]1CCCNC1. The number of hydrogen-bond acceptors (Lipinski definition) is 6. The average Bonchev–Trinajstić information content (AvgIpc) is 2.91. The van der Waals surface area contributed by atoms with Gasteiger partial charge in [-0.2, -0.15) is 5.26 Å². The molecule has 3 rings (SSSR count). The minimum atomic E-state index is 0.227. The third-order valence-electron chi connectivity index (χ3n) is 3.65. The Hall–Kier alpha value is -1.62. The first-order valence-electron chi connectivity index (χ1n) is 7.03. The van der Waals surface area contributed by atoms with E-state index in [0.717, 1.165) is 36.9 Å². The summed E-state index contributed by atoms with van der Waals surface area (Å²) in [6.45, 7) is 2.01. The van der Waals surface area contributed by atoms with E-state index in [1.807, 2.05) is 17.7 Å². The van der Waals surface area contributed by atoms with Crippen molar-refractivity contribution in [3.63, 3.8) is 0 Å². The van der Waals surface area contributed by atoms with Gasteiger partial charge in [0.15, 0.2) is 10.9 Å². The highest BCUT2D eigenvalue weighted by Crippen LogP contribution is 2.29. The number of hydrogen-bond donors (Lipinski definition) is 1. The van der Waals surface area contributed by atoms with Crippen LogP contribution in [0, 0.1) is 11.3 Å². The Balaban J connectivity index is 1.81. The Morgan fingerprint density at radius 3 is 3.05 bits per heavy atom. The largest absolute Gasteiger partial charge is 0.316 e. The lowest BCUT2D eigenvalue weighted by Crippen LogP contribution is -2.29. The molecule has 2 aromatic heterocycles. The van der Waals surface area contributed by atoms with E-state index in [0.29, 0.717) is 16.0 Å². The first-order chi connectivity index (χ1) is 10.7. The summed E-state index contributed by atoms with van der Waals surface area (Å²) in [5.41, 5.74) is 0.227. The first kappa shape index (κ1) is 15.3. The van der Waals surface area contributed by atoms with Gasteiger partial charge in [0.25, 0.3) is 0 Å². The second-order valence-electron chi connectivity index (χ2n) is 5.14.